The third-order valence-electron chi connectivity index (χ3n) is 1.93. The molecule has 2 heteroatoms. The normalized spacial score (nSPS) is 28.0. The molecule has 0 saturated carbocycles. The summed E-state index contributed by atoms with van der Waals surface area (Å²) >= 11 is 1.94. The Morgan fingerprint density at radius 2 is 2.00 bits per heavy atom. The Bertz CT molecular complexity index is 151. The van der Waals surface area contributed by atoms with Gasteiger partial charge in [-0.05, 0) is 20.8 Å². The fourth-order valence-electron chi connectivity index (χ4n) is 0.941. The van der Waals surface area contributed by atoms with E-state index < -0.39 is 0 Å². The van der Waals surface area contributed by atoms with Gasteiger partial charge in [0, 0.05) is 17.6 Å². The Balaban J connectivity index is 2.74. The highest BCUT2D eigenvalue weighted by molar-refractivity contribution is 8.03. The van der Waals surface area contributed by atoms with Gasteiger partial charge >= 0.3 is 0 Å². The van der Waals surface area contributed by atoms with Crippen LogP contribution in [0.3, 0.4) is 0 Å². The molecule has 1 unspecified atom stereocenters. The molecule has 0 radical (unpaired) electrons. The van der Waals surface area contributed by atoms with Crippen LogP contribution in [0.5, 0.6) is 0 Å². The fraction of sp³-hybridized carbons (Fsp3) is 0.714. The standard InChI is InChI=1S/C7H13NS/c1-5-6(2)9-7(3)8(5)4/h7H,1-4H3. The third kappa shape index (κ3) is 1.08. The van der Waals surface area contributed by atoms with Gasteiger partial charge in [0.15, 0.2) is 0 Å². The van der Waals surface area contributed by atoms with Gasteiger partial charge in [-0.1, -0.05) is 0 Å². The topological polar surface area (TPSA) is 3.24 Å². The Hall–Kier alpha value is -0.110. The number of rotatable bonds is 0. The maximum atomic E-state index is 2.31. The maximum Gasteiger partial charge on any atom is 0.0760 e. The summed E-state index contributed by atoms with van der Waals surface area (Å²) in [6.07, 6.45) is 0. The van der Waals surface area contributed by atoms with Crippen LogP contribution < -0.4 is 0 Å². The first-order valence-electron chi connectivity index (χ1n) is 3.20. The van der Waals surface area contributed by atoms with Crippen LogP contribution in [0.1, 0.15) is 20.8 Å². The van der Waals surface area contributed by atoms with Crippen LogP contribution >= 0.6 is 11.8 Å². The van der Waals surface area contributed by atoms with E-state index >= 15 is 0 Å². The van der Waals surface area contributed by atoms with Crippen LogP contribution in [-0.2, 0) is 0 Å². The second kappa shape index (κ2) is 2.25. The van der Waals surface area contributed by atoms with Crippen LogP contribution in [0, 0.1) is 0 Å². The summed E-state index contributed by atoms with van der Waals surface area (Å²) < 4.78 is 0. The molecule has 0 aromatic heterocycles. The summed E-state index contributed by atoms with van der Waals surface area (Å²) in [7, 11) is 2.14. The van der Waals surface area contributed by atoms with Crippen molar-refractivity contribution in [1.82, 2.24) is 4.90 Å². The number of hydrogen-bond acceptors (Lipinski definition) is 2. The van der Waals surface area contributed by atoms with Crippen molar-refractivity contribution in [3.05, 3.63) is 10.6 Å². The van der Waals surface area contributed by atoms with Gasteiger partial charge in [-0.25, -0.2) is 0 Å². The van der Waals surface area contributed by atoms with Gasteiger partial charge in [0.25, 0.3) is 0 Å². The second-order valence-electron chi connectivity index (χ2n) is 2.47. The molecule has 0 aromatic rings. The molecule has 1 aliphatic rings. The maximum absolute atomic E-state index is 2.31. The number of thioether (sulfide) groups is 1. The van der Waals surface area contributed by atoms with Gasteiger partial charge in [-0.2, -0.15) is 0 Å². The summed E-state index contributed by atoms with van der Waals surface area (Å²) in [5, 5.41) is 0.644. The molecule has 0 saturated heterocycles. The number of allylic oxidation sites excluding steroid dienone is 2. The largest absolute Gasteiger partial charge is 0.365 e. The van der Waals surface area contributed by atoms with Crippen LogP contribution in [0.25, 0.3) is 0 Å². The van der Waals surface area contributed by atoms with Crippen molar-refractivity contribution in [1.29, 1.82) is 0 Å². The average Bonchev–Trinajstić information content (AvgIpc) is 1.98. The number of nitrogens with zero attached hydrogens (tertiary/aromatic N) is 1. The molecule has 0 bridgehead atoms. The fourth-order valence-corrected chi connectivity index (χ4v) is 2.08. The van der Waals surface area contributed by atoms with Crippen LogP contribution in [0.2, 0.25) is 0 Å². The van der Waals surface area contributed by atoms with E-state index in [4.69, 9.17) is 0 Å². The molecule has 1 heterocycles. The van der Waals surface area contributed by atoms with Gasteiger partial charge in [0.1, 0.15) is 0 Å². The molecular formula is C7H13NS. The molecule has 9 heavy (non-hydrogen) atoms. The molecule has 1 rings (SSSR count). The highest BCUT2D eigenvalue weighted by atomic mass is 32.2. The van der Waals surface area contributed by atoms with E-state index in [0.717, 1.165) is 0 Å². The van der Waals surface area contributed by atoms with Crippen molar-refractivity contribution in [2.45, 2.75) is 26.1 Å². The zero-order valence-electron chi connectivity index (χ0n) is 6.43. The highest BCUT2D eigenvalue weighted by Gasteiger charge is 2.19. The smallest absolute Gasteiger partial charge is 0.0760 e. The van der Waals surface area contributed by atoms with Crippen molar-refractivity contribution in [2.24, 2.45) is 0 Å². The Kier molecular flexibility index (Phi) is 1.75. The average molecular weight is 143 g/mol. The first-order valence-corrected chi connectivity index (χ1v) is 4.08. The predicted molar refractivity (Wildman–Crippen MR) is 43.2 cm³/mol. The van der Waals surface area contributed by atoms with E-state index in [9.17, 15) is 0 Å². The summed E-state index contributed by atoms with van der Waals surface area (Å²) in [6.45, 7) is 6.58. The van der Waals surface area contributed by atoms with Gasteiger partial charge in [0.2, 0.25) is 0 Å². The molecule has 1 atom stereocenters. The van der Waals surface area contributed by atoms with Crippen molar-refractivity contribution in [3.8, 4) is 0 Å². The first kappa shape index (κ1) is 7.00. The lowest BCUT2D eigenvalue weighted by atomic mass is 10.4. The van der Waals surface area contributed by atoms with Crippen molar-refractivity contribution in [2.75, 3.05) is 7.05 Å². The van der Waals surface area contributed by atoms with E-state index in [0.29, 0.717) is 5.37 Å². The SMILES string of the molecule is CC1=C(C)N(C)C(C)S1. The summed E-state index contributed by atoms with van der Waals surface area (Å²) in [5.41, 5.74) is 1.42. The van der Waals surface area contributed by atoms with Crippen molar-refractivity contribution in [3.63, 3.8) is 0 Å². The van der Waals surface area contributed by atoms with Crippen LogP contribution in [0.4, 0.5) is 0 Å². The van der Waals surface area contributed by atoms with Gasteiger partial charge < -0.3 is 4.90 Å². The minimum atomic E-state index is 0.644. The van der Waals surface area contributed by atoms with Gasteiger partial charge in [-0.3, -0.25) is 0 Å². The molecule has 0 aromatic carbocycles. The lowest BCUT2D eigenvalue weighted by Crippen LogP contribution is -2.18. The molecule has 0 fully saturated rings. The molecule has 1 nitrogen and oxygen atoms in total. The van der Waals surface area contributed by atoms with E-state index in [1.807, 2.05) is 11.8 Å². The summed E-state index contributed by atoms with van der Waals surface area (Å²) in [5.74, 6) is 0. The Labute approximate surface area is 61.1 Å². The predicted octanol–water partition coefficient (Wildman–Crippen LogP) is 2.26. The van der Waals surface area contributed by atoms with E-state index in [2.05, 4.69) is 32.7 Å². The quantitative estimate of drug-likeness (QED) is 0.511. The molecular weight excluding hydrogens is 130 g/mol. The third-order valence-corrected chi connectivity index (χ3v) is 3.24. The van der Waals surface area contributed by atoms with Crippen LogP contribution in [0.15, 0.2) is 10.6 Å². The first-order chi connectivity index (χ1) is 4.13. The zero-order chi connectivity index (χ0) is 7.02. The Morgan fingerprint density at radius 1 is 1.44 bits per heavy atom. The number of hydrogen-bond donors (Lipinski definition) is 0. The van der Waals surface area contributed by atoms with Crippen molar-refractivity contribution < 1.29 is 0 Å². The lowest BCUT2D eigenvalue weighted by molar-refractivity contribution is 0.421. The summed E-state index contributed by atoms with van der Waals surface area (Å²) in [4.78, 5) is 3.77. The zero-order valence-corrected chi connectivity index (χ0v) is 7.25. The van der Waals surface area contributed by atoms with Crippen molar-refractivity contribution >= 4 is 11.8 Å². The molecule has 52 valence electrons. The minimum Gasteiger partial charge on any atom is -0.365 e. The molecule has 1 aliphatic heterocycles. The van der Waals surface area contributed by atoms with E-state index in [1.165, 1.54) is 10.6 Å². The Morgan fingerprint density at radius 3 is 2.11 bits per heavy atom. The summed E-state index contributed by atoms with van der Waals surface area (Å²) in [6, 6.07) is 0. The minimum absolute atomic E-state index is 0.644. The molecule has 0 N–H and O–H groups in total. The lowest BCUT2D eigenvalue weighted by Gasteiger charge is -2.17. The highest BCUT2D eigenvalue weighted by Crippen LogP contribution is 2.35. The molecule has 0 aliphatic carbocycles. The van der Waals surface area contributed by atoms with Gasteiger partial charge in [-0.15, -0.1) is 11.8 Å². The van der Waals surface area contributed by atoms with Crippen LogP contribution in [-0.4, -0.2) is 17.3 Å². The second-order valence-corrected chi connectivity index (χ2v) is 4.00. The molecule has 0 amide bonds. The van der Waals surface area contributed by atoms with E-state index in [1.54, 1.807) is 0 Å². The van der Waals surface area contributed by atoms with E-state index in [-0.39, 0.29) is 0 Å². The van der Waals surface area contributed by atoms with Gasteiger partial charge in [0.05, 0.1) is 5.37 Å². The molecule has 0 spiro atoms. The monoisotopic (exact) mass is 143 g/mol.